The van der Waals surface area contributed by atoms with Gasteiger partial charge in [0.05, 0.1) is 16.2 Å². The molecule has 1 aromatic rings. The maximum atomic E-state index is 11.7. The number of carbonyl (C=O) groups excluding carboxylic acids is 3. The lowest BCUT2D eigenvalue weighted by molar-refractivity contribution is -0.384. The van der Waals surface area contributed by atoms with Gasteiger partial charge in [-0.2, -0.15) is 0 Å². The first-order valence-corrected chi connectivity index (χ1v) is 5.99. The van der Waals surface area contributed by atoms with E-state index in [4.69, 9.17) is 0 Å². The fraction of sp³-hybridized carbons (Fsp3) is 0.250. The van der Waals surface area contributed by atoms with E-state index in [1.165, 1.54) is 0 Å². The summed E-state index contributed by atoms with van der Waals surface area (Å²) in [7, 11) is 0. The molecule has 0 radical (unpaired) electrons. The molecule has 20 heavy (non-hydrogen) atoms. The number of fused-ring (bicyclic) bond motifs is 3. The van der Waals surface area contributed by atoms with Gasteiger partial charge in [-0.25, -0.2) is 0 Å². The van der Waals surface area contributed by atoms with Crippen LogP contribution in [-0.4, -0.2) is 22.5 Å². The van der Waals surface area contributed by atoms with Crippen LogP contribution in [0.2, 0.25) is 0 Å². The van der Waals surface area contributed by atoms with Gasteiger partial charge in [0.1, 0.15) is 5.69 Å². The predicted molar refractivity (Wildman–Crippen MR) is 67.6 cm³/mol. The number of nitro benzene ring substituents is 1. The van der Waals surface area contributed by atoms with Gasteiger partial charge in [-0.15, -0.1) is 0 Å². The van der Waals surface area contributed by atoms with E-state index < -0.39 is 16.6 Å². The lowest BCUT2D eigenvalue weighted by Crippen LogP contribution is -2.12. The Morgan fingerprint density at radius 3 is 2.55 bits per heavy atom. The van der Waals surface area contributed by atoms with Crippen molar-refractivity contribution in [1.29, 1.82) is 0 Å². The number of hydrogen-bond donors (Lipinski definition) is 2. The first kappa shape index (κ1) is 12.3. The first-order valence-electron chi connectivity index (χ1n) is 5.99. The lowest BCUT2D eigenvalue weighted by atomic mass is 9.99. The molecule has 102 valence electrons. The Bertz CT molecular complexity index is 695. The van der Waals surface area contributed by atoms with Crippen molar-refractivity contribution < 1.29 is 19.3 Å². The minimum Gasteiger partial charge on any atom is -0.320 e. The van der Waals surface area contributed by atoms with Gasteiger partial charge < -0.3 is 10.6 Å². The molecule has 0 bridgehead atoms. The zero-order valence-corrected chi connectivity index (χ0v) is 10.2. The van der Waals surface area contributed by atoms with Crippen LogP contribution in [0.15, 0.2) is 6.07 Å². The van der Waals surface area contributed by atoms with Crippen molar-refractivity contribution in [3.8, 4) is 0 Å². The zero-order valence-electron chi connectivity index (χ0n) is 10.2. The van der Waals surface area contributed by atoms with E-state index in [-0.39, 0.29) is 35.0 Å². The summed E-state index contributed by atoms with van der Waals surface area (Å²) >= 11 is 0. The van der Waals surface area contributed by atoms with Gasteiger partial charge in [0.25, 0.3) is 17.4 Å². The molecular weight excluding hydrogens is 266 g/mol. The number of nitro groups is 1. The zero-order chi connectivity index (χ0) is 14.4. The molecule has 2 heterocycles. The van der Waals surface area contributed by atoms with Crippen LogP contribution in [0.1, 0.15) is 28.8 Å². The first-order chi connectivity index (χ1) is 9.49. The highest BCUT2D eigenvalue weighted by Gasteiger charge is 2.36. The van der Waals surface area contributed by atoms with Crippen LogP contribution in [0.4, 0.5) is 17.1 Å². The van der Waals surface area contributed by atoms with Crippen molar-refractivity contribution in [2.75, 3.05) is 10.6 Å². The molecule has 0 spiro atoms. The SMILES string of the molecule is O=C1CCCc2c3c(cc([N+](=O)[O-])c2N1)C(=O)C(=O)N3. The minimum absolute atomic E-state index is 0.00315. The number of hydrogen-bond acceptors (Lipinski definition) is 5. The second-order valence-corrected chi connectivity index (χ2v) is 4.61. The topological polar surface area (TPSA) is 118 Å². The number of ketones is 1. The van der Waals surface area contributed by atoms with Gasteiger partial charge in [0, 0.05) is 18.1 Å². The van der Waals surface area contributed by atoms with Crippen LogP contribution in [0, 0.1) is 10.1 Å². The number of amides is 2. The average molecular weight is 275 g/mol. The molecule has 3 rings (SSSR count). The Morgan fingerprint density at radius 2 is 1.85 bits per heavy atom. The molecule has 0 aromatic heterocycles. The van der Waals surface area contributed by atoms with Gasteiger partial charge in [0.2, 0.25) is 5.91 Å². The van der Waals surface area contributed by atoms with E-state index in [1.54, 1.807) is 0 Å². The smallest absolute Gasteiger partial charge is 0.296 e. The van der Waals surface area contributed by atoms with Crippen LogP contribution >= 0.6 is 0 Å². The minimum atomic E-state index is -0.807. The van der Waals surface area contributed by atoms with Crippen LogP contribution < -0.4 is 10.6 Å². The van der Waals surface area contributed by atoms with Crippen molar-refractivity contribution in [1.82, 2.24) is 0 Å². The summed E-state index contributed by atoms with van der Waals surface area (Å²) in [6.45, 7) is 0. The van der Waals surface area contributed by atoms with Crippen molar-refractivity contribution in [2.45, 2.75) is 19.3 Å². The monoisotopic (exact) mass is 275 g/mol. The molecule has 2 N–H and O–H groups in total. The third kappa shape index (κ3) is 1.65. The normalized spacial score (nSPS) is 16.9. The van der Waals surface area contributed by atoms with Crippen LogP contribution in [0.5, 0.6) is 0 Å². The molecule has 0 fully saturated rings. The lowest BCUT2D eigenvalue weighted by Gasteiger charge is -2.11. The summed E-state index contributed by atoms with van der Waals surface area (Å²) in [5, 5.41) is 16.0. The summed E-state index contributed by atoms with van der Waals surface area (Å²) in [4.78, 5) is 45.1. The summed E-state index contributed by atoms with van der Waals surface area (Å²) in [5.74, 6) is -1.91. The van der Waals surface area contributed by atoms with Crippen LogP contribution in [0.3, 0.4) is 0 Å². The molecule has 2 aliphatic rings. The van der Waals surface area contributed by atoms with Gasteiger partial charge in [0.15, 0.2) is 0 Å². The molecule has 0 aliphatic carbocycles. The van der Waals surface area contributed by atoms with Crippen molar-refractivity contribution in [3.05, 3.63) is 27.3 Å². The van der Waals surface area contributed by atoms with E-state index in [0.717, 1.165) is 6.07 Å². The Labute approximate surface area is 112 Å². The van der Waals surface area contributed by atoms with Crippen molar-refractivity contribution in [2.24, 2.45) is 0 Å². The van der Waals surface area contributed by atoms with Gasteiger partial charge in [-0.05, 0) is 12.8 Å². The van der Waals surface area contributed by atoms with E-state index in [9.17, 15) is 24.5 Å². The average Bonchev–Trinajstić information content (AvgIpc) is 2.57. The van der Waals surface area contributed by atoms with Gasteiger partial charge in [-0.1, -0.05) is 0 Å². The standard InChI is InChI=1S/C12H9N3O5/c16-8-3-1-2-5-9-6(11(17)12(18)14-9)4-7(15(19)20)10(5)13-8/h4H,1-3H2,(H,13,16)(H,14,17,18). The number of rotatable bonds is 1. The molecule has 0 atom stereocenters. The van der Waals surface area contributed by atoms with Crippen LogP contribution in [0.25, 0.3) is 0 Å². The maximum absolute atomic E-state index is 11.7. The van der Waals surface area contributed by atoms with E-state index in [0.29, 0.717) is 18.4 Å². The van der Waals surface area contributed by atoms with Gasteiger partial charge >= 0.3 is 0 Å². The maximum Gasteiger partial charge on any atom is 0.296 e. The van der Waals surface area contributed by atoms with Gasteiger partial charge in [-0.3, -0.25) is 24.5 Å². The van der Waals surface area contributed by atoms with E-state index in [1.807, 2.05) is 0 Å². The highest BCUT2D eigenvalue weighted by atomic mass is 16.6. The number of anilines is 2. The molecule has 0 unspecified atom stereocenters. The number of nitrogens with zero attached hydrogens (tertiary/aromatic N) is 1. The predicted octanol–water partition coefficient (Wildman–Crippen LogP) is 1.00. The molecular formula is C12H9N3O5. The fourth-order valence-electron chi connectivity index (χ4n) is 2.50. The van der Waals surface area contributed by atoms with E-state index >= 15 is 0 Å². The Morgan fingerprint density at radius 1 is 1.10 bits per heavy atom. The third-order valence-corrected chi connectivity index (χ3v) is 3.39. The Hall–Kier alpha value is -2.77. The summed E-state index contributed by atoms with van der Waals surface area (Å²) in [6, 6.07) is 1.04. The summed E-state index contributed by atoms with van der Waals surface area (Å²) < 4.78 is 0. The number of nitrogens with one attached hydrogen (secondary N) is 2. The van der Waals surface area contributed by atoms with Crippen molar-refractivity contribution >= 4 is 34.7 Å². The molecule has 8 nitrogen and oxygen atoms in total. The fourth-order valence-corrected chi connectivity index (χ4v) is 2.50. The number of carbonyl (C=O) groups is 3. The largest absolute Gasteiger partial charge is 0.320 e. The Kier molecular flexibility index (Phi) is 2.53. The second kappa shape index (κ2) is 4.12. The highest BCUT2D eigenvalue weighted by molar-refractivity contribution is 6.52. The molecule has 8 heteroatoms. The summed E-state index contributed by atoms with van der Waals surface area (Å²) in [6.07, 6.45) is 1.12. The molecule has 2 amide bonds. The molecule has 2 aliphatic heterocycles. The van der Waals surface area contributed by atoms with Crippen molar-refractivity contribution in [3.63, 3.8) is 0 Å². The second-order valence-electron chi connectivity index (χ2n) is 4.61. The quantitative estimate of drug-likeness (QED) is 0.450. The molecule has 0 saturated heterocycles. The third-order valence-electron chi connectivity index (χ3n) is 3.39. The number of Topliss-reactive ketones (excluding diaryl/α,β-unsaturated/α-hetero) is 1. The highest BCUT2D eigenvalue weighted by Crippen LogP contribution is 2.41. The molecule has 1 aromatic carbocycles. The summed E-state index contributed by atoms with van der Waals surface area (Å²) in [5.41, 5.74) is 0.434. The van der Waals surface area contributed by atoms with E-state index in [2.05, 4.69) is 10.6 Å². The number of benzene rings is 1. The Balaban J connectivity index is 2.30. The molecule has 0 saturated carbocycles. The van der Waals surface area contributed by atoms with Crippen LogP contribution in [-0.2, 0) is 16.0 Å².